The lowest BCUT2D eigenvalue weighted by molar-refractivity contribution is -0.142. The first kappa shape index (κ1) is 53.4. The minimum absolute atomic E-state index is 0.0247. The SMILES string of the molecule is CCOC(=O)c1c[nH]c(C(F)(F)F)c(Br)c1=O.CCOC(=O)c1c[nH]c(C(F)(F)F)cc1=O.O=C(O)c1c[nH]c(C(F)(F)F)c(-c2ccc(F)cc2)c1=O.O[B]Oc1ccc(F)cc1. The lowest BCUT2D eigenvalue weighted by atomic mass is 10.0. The molecule has 0 bridgehead atoms. The smallest absolute Gasteiger partial charge is 0.537 e. The number of pyridine rings is 3. The van der Waals surface area contributed by atoms with Gasteiger partial charge < -0.3 is 39.2 Å². The predicted molar refractivity (Wildman–Crippen MR) is 203 cm³/mol. The van der Waals surface area contributed by atoms with Gasteiger partial charge in [0.25, 0.3) is 0 Å². The molecule has 0 unspecified atom stereocenters. The van der Waals surface area contributed by atoms with Gasteiger partial charge in [0.05, 0.1) is 23.2 Å². The second kappa shape index (κ2) is 23.1. The van der Waals surface area contributed by atoms with Crippen LogP contribution in [0, 0.1) is 11.6 Å². The lowest BCUT2D eigenvalue weighted by Crippen LogP contribution is -2.23. The number of carbonyl (C=O) groups is 3. The molecule has 0 fully saturated rings. The number of ether oxygens (including phenoxy) is 2. The van der Waals surface area contributed by atoms with Crippen molar-refractivity contribution in [3.8, 4) is 16.9 Å². The van der Waals surface area contributed by atoms with Gasteiger partial charge >= 0.3 is 44.1 Å². The highest BCUT2D eigenvalue weighted by Gasteiger charge is 2.38. The van der Waals surface area contributed by atoms with Crippen LogP contribution in [0.4, 0.5) is 48.3 Å². The molecular weight excluding hydrogens is 962 g/mol. The van der Waals surface area contributed by atoms with E-state index in [1.165, 1.54) is 38.1 Å². The average Bonchev–Trinajstić information content (AvgIpc) is 3.19. The Kier molecular flexibility index (Phi) is 19.2. The number of aromatic nitrogens is 3. The van der Waals surface area contributed by atoms with E-state index in [1.54, 1.807) is 4.98 Å². The van der Waals surface area contributed by atoms with Gasteiger partial charge in [-0.25, -0.2) is 23.2 Å². The average molecular weight is 989 g/mol. The zero-order valence-electron chi connectivity index (χ0n) is 32.0. The van der Waals surface area contributed by atoms with Crippen LogP contribution in [0.1, 0.15) is 62.0 Å². The number of nitrogens with one attached hydrogen (secondary N) is 3. The molecule has 64 heavy (non-hydrogen) atoms. The van der Waals surface area contributed by atoms with Gasteiger partial charge in [-0.3, -0.25) is 14.4 Å². The summed E-state index contributed by atoms with van der Waals surface area (Å²) >= 11 is 2.51. The minimum atomic E-state index is -4.89. The molecule has 5 rings (SSSR count). The van der Waals surface area contributed by atoms with Crippen LogP contribution >= 0.6 is 15.9 Å². The third-order valence-electron chi connectivity index (χ3n) is 7.25. The van der Waals surface area contributed by atoms with E-state index in [0.29, 0.717) is 38.1 Å². The van der Waals surface area contributed by atoms with Crippen LogP contribution in [0.15, 0.2) is 92.0 Å². The molecule has 0 aliphatic heterocycles. The first-order valence-electron chi connectivity index (χ1n) is 17.0. The molecule has 0 atom stereocenters. The van der Waals surface area contributed by atoms with Crippen molar-refractivity contribution >= 4 is 41.5 Å². The van der Waals surface area contributed by atoms with Crippen molar-refractivity contribution in [2.24, 2.45) is 0 Å². The monoisotopic (exact) mass is 988 g/mol. The van der Waals surface area contributed by atoms with Gasteiger partial charge in [-0.05, 0) is 71.7 Å². The van der Waals surface area contributed by atoms with Crippen LogP contribution in [0.3, 0.4) is 0 Å². The molecule has 3 aromatic heterocycles. The van der Waals surface area contributed by atoms with Crippen molar-refractivity contribution in [3.63, 3.8) is 0 Å². The topological polar surface area (TPSA) is 218 Å². The Hall–Kier alpha value is -6.77. The summed E-state index contributed by atoms with van der Waals surface area (Å²) in [7, 11) is 0.549. The fraction of sp³-hybridized carbons (Fsp3) is 0.189. The zero-order valence-corrected chi connectivity index (χ0v) is 33.6. The number of carboxylic acid groups (broad SMARTS) is 1. The van der Waals surface area contributed by atoms with Gasteiger partial charge in [0.15, 0.2) is 5.43 Å². The van der Waals surface area contributed by atoms with Crippen LogP contribution in [0.5, 0.6) is 5.75 Å². The van der Waals surface area contributed by atoms with Gasteiger partial charge in [0.2, 0.25) is 10.9 Å². The van der Waals surface area contributed by atoms with Gasteiger partial charge in [0, 0.05) is 24.7 Å². The highest BCUT2D eigenvalue weighted by atomic mass is 79.9. The Morgan fingerprint density at radius 1 is 0.656 bits per heavy atom. The van der Waals surface area contributed by atoms with Crippen LogP contribution in [-0.4, -0.2) is 63.9 Å². The fourth-order valence-corrected chi connectivity index (χ4v) is 5.01. The van der Waals surface area contributed by atoms with Crippen molar-refractivity contribution in [1.82, 2.24) is 15.0 Å². The van der Waals surface area contributed by atoms with Crippen LogP contribution in [-0.2, 0) is 28.0 Å². The number of rotatable bonds is 8. The molecule has 0 aliphatic carbocycles. The predicted octanol–water partition coefficient (Wildman–Crippen LogP) is 7.53. The van der Waals surface area contributed by atoms with E-state index in [9.17, 15) is 77.1 Å². The van der Waals surface area contributed by atoms with Gasteiger partial charge in [-0.1, -0.05) is 12.1 Å². The maximum Gasteiger partial charge on any atom is 0.569 e. The lowest BCUT2D eigenvalue weighted by Gasteiger charge is -2.13. The zero-order chi connectivity index (χ0) is 48.7. The van der Waals surface area contributed by atoms with Crippen molar-refractivity contribution in [2.45, 2.75) is 32.4 Å². The van der Waals surface area contributed by atoms with Crippen LogP contribution in [0.2, 0.25) is 0 Å². The van der Waals surface area contributed by atoms with Crippen molar-refractivity contribution < 1.29 is 86.9 Å². The molecule has 0 saturated carbocycles. The summed E-state index contributed by atoms with van der Waals surface area (Å²) in [5.41, 5.74) is -10.1. The first-order valence-corrected chi connectivity index (χ1v) is 17.8. The Labute approximate surface area is 359 Å². The summed E-state index contributed by atoms with van der Waals surface area (Å²) < 4.78 is 150. The molecule has 14 nitrogen and oxygen atoms in total. The van der Waals surface area contributed by atoms with E-state index in [-0.39, 0.29) is 24.6 Å². The molecule has 1 radical (unpaired) electrons. The summed E-state index contributed by atoms with van der Waals surface area (Å²) in [5.74, 6) is -4.19. The van der Waals surface area contributed by atoms with Crippen LogP contribution < -0.4 is 20.9 Å². The van der Waals surface area contributed by atoms with E-state index in [2.05, 4.69) is 30.1 Å². The van der Waals surface area contributed by atoms with Crippen molar-refractivity contribution in [1.29, 1.82) is 0 Å². The van der Waals surface area contributed by atoms with E-state index in [4.69, 9.17) is 10.1 Å². The summed E-state index contributed by atoms with van der Waals surface area (Å²) in [4.78, 5) is 73.3. The minimum Gasteiger partial charge on any atom is -0.537 e. The van der Waals surface area contributed by atoms with Crippen molar-refractivity contribution in [3.05, 3.63) is 154 Å². The van der Waals surface area contributed by atoms with Gasteiger partial charge in [-0.2, -0.15) is 39.5 Å². The molecule has 2 aromatic carbocycles. The number of aromatic carboxylic acids is 1. The number of hydrogen-bond acceptors (Lipinski definition) is 10. The second-order valence-corrected chi connectivity index (χ2v) is 12.3. The Morgan fingerprint density at radius 2 is 1.11 bits per heavy atom. The van der Waals surface area contributed by atoms with Crippen LogP contribution in [0.25, 0.3) is 11.1 Å². The van der Waals surface area contributed by atoms with Crippen molar-refractivity contribution in [2.75, 3.05) is 13.2 Å². The Balaban J connectivity index is 0.000000302. The molecule has 27 heteroatoms. The number of hydrogen-bond donors (Lipinski definition) is 5. The quantitative estimate of drug-likeness (QED) is 0.0582. The van der Waals surface area contributed by atoms with E-state index < -0.39 is 102 Å². The maximum atomic E-state index is 12.9. The first-order chi connectivity index (χ1) is 29.7. The number of carboxylic acids is 1. The van der Waals surface area contributed by atoms with Gasteiger partial charge in [-0.15, -0.1) is 0 Å². The number of carbonyl (C=O) groups excluding carboxylic acids is 2. The normalized spacial score (nSPS) is 11.0. The Morgan fingerprint density at radius 3 is 1.55 bits per heavy atom. The maximum absolute atomic E-state index is 12.9. The highest BCUT2D eigenvalue weighted by Crippen LogP contribution is 2.34. The second-order valence-electron chi connectivity index (χ2n) is 11.5. The van der Waals surface area contributed by atoms with Gasteiger partial charge in [0.1, 0.15) is 51.2 Å². The molecule has 0 aliphatic rings. The molecule has 5 aromatic rings. The number of esters is 2. The third kappa shape index (κ3) is 15.2. The highest BCUT2D eigenvalue weighted by molar-refractivity contribution is 9.10. The molecule has 3 heterocycles. The summed E-state index contributed by atoms with van der Waals surface area (Å²) in [6.45, 7) is 3.11. The molecule has 0 spiro atoms. The molecule has 0 amide bonds. The number of H-pyrrole nitrogens is 3. The fourth-order valence-electron chi connectivity index (χ4n) is 4.45. The number of halogens is 12. The summed E-state index contributed by atoms with van der Waals surface area (Å²) in [6.07, 6.45) is -12.4. The standard InChI is InChI=1S/C13H7F4NO3.C9H7BrF3NO3.C9H8F3NO3.C6H5BFO2/c14-7-3-1-6(2-4-7)9-10(19)8(12(20)21)5-18-11(9)13(15,16)17;1-2-17-8(16)4-3-14-7(9(11,12)13)5(10)6(4)15;1-2-16-8(15)5-4-13-7(3-6(5)14)9(10,11)12;8-5-1-3-6(4-2-5)10-7-9/h1-5H,(H,18,19)(H,20,21);3H,2H2,1H3,(H,14,15);3-4H,2H2,1H3,(H,13,14);1-4,9H. The molecular formula is C37H27BBrF11N3O11. The number of benzene rings is 2. The van der Waals surface area contributed by atoms with E-state index in [1.807, 2.05) is 9.97 Å². The third-order valence-corrected chi connectivity index (χ3v) is 8.01. The number of aromatic amines is 3. The molecule has 343 valence electrons. The number of alkyl halides is 9. The van der Waals surface area contributed by atoms with E-state index in [0.717, 1.165) is 24.3 Å². The largest absolute Gasteiger partial charge is 0.569 e. The Bertz CT molecular complexity index is 2580. The summed E-state index contributed by atoms with van der Waals surface area (Å²) in [6, 6.07) is 9.36. The summed E-state index contributed by atoms with van der Waals surface area (Å²) in [5, 5.41) is 17.0. The molecule has 5 N–H and O–H groups in total. The van der Waals surface area contributed by atoms with E-state index >= 15 is 0 Å². The molecule has 0 saturated heterocycles.